The number of esters is 1. The SMILES string of the molecule is CC(C)(C)NC1(C(=O)OC(C)(C)C)C=CC(=O)C1. The molecular formula is C14H23NO3. The van der Waals surface area contributed by atoms with Crippen molar-refractivity contribution in [1.82, 2.24) is 5.32 Å². The fourth-order valence-corrected chi connectivity index (χ4v) is 1.94. The molecule has 0 spiro atoms. The molecule has 0 amide bonds. The molecule has 1 N–H and O–H groups in total. The third-order valence-corrected chi connectivity index (χ3v) is 2.37. The lowest BCUT2D eigenvalue weighted by Gasteiger charge is -2.36. The number of carbonyl (C=O) groups is 2. The summed E-state index contributed by atoms with van der Waals surface area (Å²) >= 11 is 0. The Labute approximate surface area is 109 Å². The first kappa shape index (κ1) is 14.9. The molecule has 1 rings (SSSR count). The first-order chi connectivity index (χ1) is 7.94. The van der Waals surface area contributed by atoms with E-state index in [0.717, 1.165) is 0 Å². The van der Waals surface area contributed by atoms with E-state index in [4.69, 9.17) is 4.74 Å². The van der Waals surface area contributed by atoms with Crippen LogP contribution in [-0.2, 0) is 14.3 Å². The van der Waals surface area contributed by atoms with Gasteiger partial charge in [-0.2, -0.15) is 0 Å². The Morgan fingerprint density at radius 3 is 2.17 bits per heavy atom. The minimum absolute atomic E-state index is 0.0578. The predicted molar refractivity (Wildman–Crippen MR) is 70.2 cm³/mol. The minimum atomic E-state index is -1.03. The highest BCUT2D eigenvalue weighted by Gasteiger charge is 2.46. The van der Waals surface area contributed by atoms with Crippen LogP contribution < -0.4 is 5.32 Å². The Hall–Kier alpha value is -1.16. The van der Waals surface area contributed by atoms with Crippen LogP contribution in [0.15, 0.2) is 12.2 Å². The average molecular weight is 253 g/mol. The third kappa shape index (κ3) is 3.95. The van der Waals surface area contributed by atoms with Crippen molar-refractivity contribution < 1.29 is 14.3 Å². The van der Waals surface area contributed by atoms with Gasteiger partial charge in [0.1, 0.15) is 11.1 Å². The number of ether oxygens (including phenoxy) is 1. The van der Waals surface area contributed by atoms with Crippen molar-refractivity contribution in [3.05, 3.63) is 12.2 Å². The summed E-state index contributed by atoms with van der Waals surface area (Å²) in [4.78, 5) is 23.8. The van der Waals surface area contributed by atoms with Gasteiger partial charge >= 0.3 is 5.97 Å². The second-order valence-electron chi connectivity index (χ2n) is 6.82. The molecule has 0 aromatic rings. The maximum Gasteiger partial charge on any atom is 0.331 e. The predicted octanol–water partition coefficient (Wildman–Crippen LogP) is 1.98. The fourth-order valence-electron chi connectivity index (χ4n) is 1.94. The third-order valence-electron chi connectivity index (χ3n) is 2.37. The molecule has 1 atom stereocenters. The molecular weight excluding hydrogens is 230 g/mol. The van der Waals surface area contributed by atoms with E-state index in [1.165, 1.54) is 6.08 Å². The molecule has 0 aromatic carbocycles. The minimum Gasteiger partial charge on any atom is -0.458 e. The number of hydrogen-bond donors (Lipinski definition) is 1. The largest absolute Gasteiger partial charge is 0.458 e. The van der Waals surface area contributed by atoms with Crippen LogP contribution in [0, 0.1) is 0 Å². The van der Waals surface area contributed by atoms with Crippen molar-refractivity contribution in [2.45, 2.75) is 64.6 Å². The van der Waals surface area contributed by atoms with Gasteiger partial charge in [0.05, 0.1) is 0 Å². The Bertz CT molecular complexity index is 385. The van der Waals surface area contributed by atoms with Gasteiger partial charge in [0.15, 0.2) is 5.78 Å². The number of carbonyl (C=O) groups excluding carboxylic acids is 2. The zero-order valence-corrected chi connectivity index (χ0v) is 12.1. The summed E-state index contributed by atoms with van der Waals surface area (Å²) in [6.45, 7) is 11.3. The fraction of sp³-hybridized carbons (Fsp3) is 0.714. The average Bonchev–Trinajstić information content (AvgIpc) is 2.42. The molecule has 18 heavy (non-hydrogen) atoms. The molecule has 102 valence electrons. The lowest BCUT2D eigenvalue weighted by atomic mass is 9.93. The van der Waals surface area contributed by atoms with Crippen molar-refractivity contribution in [3.63, 3.8) is 0 Å². The molecule has 0 heterocycles. The molecule has 1 aliphatic rings. The van der Waals surface area contributed by atoms with E-state index < -0.39 is 17.1 Å². The van der Waals surface area contributed by atoms with Crippen molar-refractivity contribution in [1.29, 1.82) is 0 Å². The van der Waals surface area contributed by atoms with Gasteiger partial charge in [-0.15, -0.1) is 0 Å². The zero-order chi connectivity index (χ0) is 14.2. The van der Waals surface area contributed by atoms with Gasteiger partial charge in [0.25, 0.3) is 0 Å². The molecule has 0 fully saturated rings. The molecule has 4 nitrogen and oxygen atoms in total. The van der Waals surface area contributed by atoms with Gasteiger partial charge in [-0.3, -0.25) is 10.1 Å². The topological polar surface area (TPSA) is 55.4 Å². The van der Waals surface area contributed by atoms with Gasteiger partial charge in [0.2, 0.25) is 0 Å². The van der Waals surface area contributed by atoms with E-state index in [-0.39, 0.29) is 17.7 Å². The highest BCUT2D eigenvalue weighted by molar-refractivity contribution is 6.01. The quantitative estimate of drug-likeness (QED) is 0.765. The maximum atomic E-state index is 12.3. The maximum absolute atomic E-state index is 12.3. The summed E-state index contributed by atoms with van der Waals surface area (Å²) in [5, 5.41) is 3.20. The number of rotatable bonds is 2. The van der Waals surface area contributed by atoms with E-state index in [0.29, 0.717) is 0 Å². The Balaban J connectivity index is 2.97. The van der Waals surface area contributed by atoms with Crippen LogP contribution in [0.1, 0.15) is 48.0 Å². The second-order valence-corrected chi connectivity index (χ2v) is 6.82. The monoisotopic (exact) mass is 253 g/mol. The zero-order valence-electron chi connectivity index (χ0n) is 12.1. The molecule has 0 aromatic heterocycles. The molecule has 1 aliphatic carbocycles. The lowest BCUT2D eigenvalue weighted by molar-refractivity contribution is -0.162. The van der Waals surface area contributed by atoms with Crippen molar-refractivity contribution in [3.8, 4) is 0 Å². The summed E-state index contributed by atoms with van der Waals surface area (Å²) in [7, 11) is 0. The summed E-state index contributed by atoms with van der Waals surface area (Å²) in [5.74, 6) is -0.454. The normalized spacial score (nSPS) is 24.4. The number of allylic oxidation sites excluding steroid dienone is 1. The highest BCUT2D eigenvalue weighted by atomic mass is 16.6. The Kier molecular flexibility index (Phi) is 3.73. The highest BCUT2D eigenvalue weighted by Crippen LogP contribution is 2.27. The lowest BCUT2D eigenvalue weighted by Crippen LogP contribution is -2.58. The summed E-state index contributed by atoms with van der Waals surface area (Å²) in [6.07, 6.45) is 3.19. The molecule has 1 unspecified atom stereocenters. The summed E-state index contributed by atoms with van der Waals surface area (Å²) in [6, 6.07) is 0. The van der Waals surface area contributed by atoms with Crippen LogP contribution in [0.3, 0.4) is 0 Å². The standard InChI is InChI=1S/C14H23NO3/c1-12(2,3)15-14(8-7-10(16)9-14)11(17)18-13(4,5)6/h7-8,15H,9H2,1-6H3. The summed E-state index contributed by atoms with van der Waals surface area (Å²) < 4.78 is 5.41. The molecule has 4 heteroatoms. The first-order valence-corrected chi connectivity index (χ1v) is 6.18. The van der Waals surface area contributed by atoms with E-state index in [1.807, 2.05) is 41.5 Å². The summed E-state index contributed by atoms with van der Waals surface area (Å²) in [5.41, 5.74) is -1.88. The van der Waals surface area contributed by atoms with Gasteiger partial charge in [-0.05, 0) is 53.7 Å². The van der Waals surface area contributed by atoms with Gasteiger partial charge in [0, 0.05) is 12.0 Å². The number of ketones is 1. The Morgan fingerprint density at radius 1 is 1.28 bits per heavy atom. The first-order valence-electron chi connectivity index (χ1n) is 6.18. The van der Waals surface area contributed by atoms with Crippen LogP contribution in [0.25, 0.3) is 0 Å². The molecule has 0 saturated carbocycles. The number of nitrogens with one attached hydrogen (secondary N) is 1. The van der Waals surface area contributed by atoms with Gasteiger partial charge < -0.3 is 4.74 Å². The molecule has 0 aliphatic heterocycles. The molecule has 0 bridgehead atoms. The van der Waals surface area contributed by atoms with Crippen LogP contribution in [-0.4, -0.2) is 28.4 Å². The van der Waals surface area contributed by atoms with Crippen LogP contribution in [0.5, 0.6) is 0 Å². The Morgan fingerprint density at radius 2 is 1.83 bits per heavy atom. The molecule has 0 saturated heterocycles. The van der Waals surface area contributed by atoms with Crippen molar-refractivity contribution in [2.75, 3.05) is 0 Å². The van der Waals surface area contributed by atoms with E-state index >= 15 is 0 Å². The second kappa shape index (κ2) is 4.50. The molecule has 0 radical (unpaired) electrons. The number of hydrogen-bond acceptors (Lipinski definition) is 4. The van der Waals surface area contributed by atoms with Gasteiger partial charge in [-0.1, -0.05) is 0 Å². The van der Waals surface area contributed by atoms with Crippen LogP contribution in [0.4, 0.5) is 0 Å². The van der Waals surface area contributed by atoms with E-state index in [2.05, 4.69) is 5.32 Å². The smallest absolute Gasteiger partial charge is 0.331 e. The van der Waals surface area contributed by atoms with Crippen LogP contribution >= 0.6 is 0 Å². The van der Waals surface area contributed by atoms with Crippen LogP contribution in [0.2, 0.25) is 0 Å². The van der Waals surface area contributed by atoms with E-state index in [1.54, 1.807) is 6.08 Å². The van der Waals surface area contributed by atoms with Crippen molar-refractivity contribution in [2.24, 2.45) is 0 Å². The van der Waals surface area contributed by atoms with Crippen molar-refractivity contribution >= 4 is 11.8 Å². The van der Waals surface area contributed by atoms with E-state index in [9.17, 15) is 9.59 Å². The van der Waals surface area contributed by atoms with Gasteiger partial charge in [-0.25, -0.2) is 4.79 Å².